The van der Waals surface area contributed by atoms with Crippen LogP contribution >= 0.6 is 9.47 Å². The maximum absolute atomic E-state index is 8.39. The van der Waals surface area contributed by atoms with E-state index in [2.05, 4.69) is 20.7 Å². The van der Waals surface area contributed by atoms with Crippen molar-refractivity contribution in [2.24, 2.45) is 5.16 Å². The first kappa shape index (κ1) is 8.92. The zero-order chi connectivity index (χ0) is 9.26. The number of hydrogen-bond acceptors (Lipinski definition) is 3. The van der Waals surface area contributed by atoms with Crippen molar-refractivity contribution in [1.29, 1.82) is 0 Å². The van der Waals surface area contributed by atoms with Crippen molar-refractivity contribution in [3.05, 3.63) is 22.8 Å². The summed E-state index contributed by atoms with van der Waals surface area (Å²) >= 11 is 0. The summed E-state index contributed by atoms with van der Waals surface area (Å²) in [6.07, 6.45) is 6.89. The number of nitrogens with zero attached hydrogens (tertiary/aromatic N) is 1. The summed E-state index contributed by atoms with van der Waals surface area (Å²) < 4.78 is 5.26. The molecule has 2 aliphatic rings. The molecule has 13 heavy (non-hydrogen) atoms. The normalized spacial score (nSPS) is 27.2. The summed E-state index contributed by atoms with van der Waals surface area (Å²) in [5, 5.41) is 11.4. The molecule has 2 atom stereocenters. The monoisotopic (exact) mass is 197 g/mol. The molecule has 0 bridgehead atoms. The molecule has 0 saturated heterocycles. The predicted octanol–water partition coefficient (Wildman–Crippen LogP) is 2.04. The SMILES string of the molecule is ON=CC1=CC2=C(CCC2OP)C1. The van der Waals surface area contributed by atoms with Crippen molar-refractivity contribution < 1.29 is 9.73 Å². The average molecular weight is 197 g/mol. The van der Waals surface area contributed by atoms with Crippen LogP contribution in [0.4, 0.5) is 0 Å². The van der Waals surface area contributed by atoms with Crippen LogP contribution in [0.2, 0.25) is 0 Å². The molecule has 0 heterocycles. The first-order chi connectivity index (χ1) is 6.35. The molecule has 0 radical (unpaired) electrons. The summed E-state index contributed by atoms with van der Waals surface area (Å²) in [5.74, 6) is 0. The third kappa shape index (κ3) is 1.54. The molecule has 70 valence electrons. The highest BCUT2D eigenvalue weighted by molar-refractivity contribution is 7.09. The van der Waals surface area contributed by atoms with Crippen LogP contribution in [0.15, 0.2) is 28.0 Å². The summed E-state index contributed by atoms with van der Waals surface area (Å²) in [7, 11) is 2.31. The van der Waals surface area contributed by atoms with Crippen molar-refractivity contribution in [2.75, 3.05) is 0 Å². The molecule has 1 N–H and O–H groups in total. The second-order valence-corrected chi connectivity index (χ2v) is 3.64. The first-order valence-electron chi connectivity index (χ1n) is 4.30. The van der Waals surface area contributed by atoms with Crippen LogP contribution in [0.5, 0.6) is 0 Å². The number of oxime groups is 1. The first-order valence-corrected chi connectivity index (χ1v) is 4.77. The third-order valence-corrected chi connectivity index (χ3v) is 2.94. The molecule has 2 unspecified atom stereocenters. The molecule has 2 aliphatic carbocycles. The Hall–Kier alpha value is -0.660. The Balaban J connectivity index is 2.16. The van der Waals surface area contributed by atoms with Gasteiger partial charge >= 0.3 is 0 Å². The maximum atomic E-state index is 8.39. The van der Waals surface area contributed by atoms with E-state index in [1.807, 2.05) is 0 Å². The topological polar surface area (TPSA) is 41.8 Å². The lowest BCUT2D eigenvalue weighted by Gasteiger charge is -2.07. The largest absolute Gasteiger partial charge is 0.411 e. The van der Waals surface area contributed by atoms with Gasteiger partial charge in [-0.2, -0.15) is 0 Å². The zero-order valence-corrected chi connectivity index (χ0v) is 8.39. The van der Waals surface area contributed by atoms with Gasteiger partial charge in [-0.05, 0) is 30.4 Å². The molecule has 0 aromatic carbocycles. The minimum Gasteiger partial charge on any atom is -0.411 e. The standard InChI is InChI=1S/C9H12NO2P/c11-10-5-6-3-7-1-2-9(12-13)8(7)4-6/h4-5,9,11H,1-3,13H2. The number of allylic oxidation sites excluding steroid dienone is 2. The van der Waals surface area contributed by atoms with Gasteiger partial charge in [0, 0.05) is 9.47 Å². The van der Waals surface area contributed by atoms with Crippen molar-refractivity contribution in [3.8, 4) is 0 Å². The van der Waals surface area contributed by atoms with E-state index in [1.54, 1.807) is 0 Å². The lowest BCUT2D eigenvalue weighted by atomic mass is 10.1. The van der Waals surface area contributed by atoms with E-state index in [-0.39, 0.29) is 6.10 Å². The highest BCUT2D eigenvalue weighted by Gasteiger charge is 2.28. The molecular weight excluding hydrogens is 185 g/mol. The third-order valence-electron chi connectivity index (χ3n) is 2.61. The average Bonchev–Trinajstić information content (AvgIpc) is 2.63. The van der Waals surface area contributed by atoms with Crippen molar-refractivity contribution >= 4 is 15.7 Å². The van der Waals surface area contributed by atoms with Gasteiger partial charge in [-0.25, -0.2) is 0 Å². The summed E-state index contributed by atoms with van der Waals surface area (Å²) in [4.78, 5) is 0. The quantitative estimate of drug-likeness (QED) is 0.318. The van der Waals surface area contributed by atoms with Crippen LogP contribution < -0.4 is 0 Å². The molecule has 0 amide bonds. The van der Waals surface area contributed by atoms with Crippen molar-refractivity contribution in [2.45, 2.75) is 25.4 Å². The minimum atomic E-state index is 0.226. The van der Waals surface area contributed by atoms with Crippen LogP contribution in [0, 0.1) is 0 Å². The van der Waals surface area contributed by atoms with Crippen molar-refractivity contribution in [3.63, 3.8) is 0 Å². The molecule has 4 heteroatoms. The Morgan fingerprint density at radius 3 is 3.23 bits per heavy atom. The van der Waals surface area contributed by atoms with Crippen LogP contribution in [-0.2, 0) is 4.52 Å². The molecule has 3 nitrogen and oxygen atoms in total. The van der Waals surface area contributed by atoms with Gasteiger partial charge < -0.3 is 9.73 Å². The van der Waals surface area contributed by atoms with Crippen LogP contribution in [0.3, 0.4) is 0 Å². The van der Waals surface area contributed by atoms with E-state index in [1.165, 1.54) is 17.4 Å². The Morgan fingerprint density at radius 2 is 2.54 bits per heavy atom. The Bertz CT molecular complexity index is 307. The van der Waals surface area contributed by atoms with Crippen LogP contribution in [0.1, 0.15) is 19.3 Å². The zero-order valence-electron chi connectivity index (χ0n) is 7.23. The van der Waals surface area contributed by atoms with Gasteiger partial charge in [-0.1, -0.05) is 16.8 Å². The highest BCUT2D eigenvalue weighted by atomic mass is 31.0. The summed E-state index contributed by atoms with van der Waals surface area (Å²) in [6.45, 7) is 0. The maximum Gasteiger partial charge on any atom is 0.0863 e. The van der Waals surface area contributed by atoms with Gasteiger partial charge in [0.2, 0.25) is 0 Å². The Morgan fingerprint density at radius 1 is 1.69 bits per heavy atom. The van der Waals surface area contributed by atoms with Gasteiger partial charge in [-0.15, -0.1) is 0 Å². The highest BCUT2D eigenvalue weighted by Crippen LogP contribution is 2.39. The van der Waals surface area contributed by atoms with E-state index in [0.717, 1.165) is 24.8 Å². The van der Waals surface area contributed by atoms with E-state index < -0.39 is 0 Å². The van der Waals surface area contributed by atoms with Gasteiger partial charge in [-0.3, -0.25) is 0 Å². The lowest BCUT2D eigenvalue weighted by molar-refractivity contribution is 0.284. The number of rotatable bonds is 2. The van der Waals surface area contributed by atoms with Gasteiger partial charge in [0.1, 0.15) is 0 Å². The van der Waals surface area contributed by atoms with Gasteiger partial charge in [0.05, 0.1) is 12.3 Å². The minimum absolute atomic E-state index is 0.226. The van der Waals surface area contributed by atoms with Gasteiger partial charge in [0.15, 0.2) is 0 Å². The lowest BCUT2D eigenvalue weighted by Crippen LogP contribution is -2.03. The molecule has 0 spiro atoms. The van der Waals surface area contributed by atoms with E-state index in [4.69, 9.17) is 9.73 Å². The van der Waals surface area contributed by atoms with Crippen molar-refractivity contribution in [1.82, 2.24) is 0 Å². The van der Waals surface area contributed by atoms with E-state index >= 15 is 0 Å². The second kappa shape index (κ2) is 3.60. The fourth-order valence-electron chi connectivity index (χ4n) is 2.01. The molecule has 0 fully saturated rings. The molecule has 0 aromatic rings. The number of hydrogen-bond donors (Lipinski definition) is 1. The Labute approximate surface area is 79.4 Å². The van der Waals surface area contributed by atoms with E-state index in [0.29, 0.717) is 0 Å². The molecular formula is C9H12NO2P. The predicted molar refractivity (Wildman–Crippen MR) is 53.8 cm³/mol. The fourth-order valence-corrected chi connectivity index (χ4v) is 2.30. The summed E-state index contributed by atoms with van der Waals surface area (Å²) in [6, 6.07) is 0. The summed E-state index contributed by atoms with van der Waals surface area (Å²) in [5.41, 5.74) is 3.78. The molecule has 0 aliphatic heterocycles. The smallest absolute Gasteiger partial charge is 0.0863 e. The van der Waals surface area contributed by atoms with Crippen LogP contribution in [-0.4, -0.2) is 17.5 Å². The molecule has 0 saturated carbocycles. The van der Waals surface area contributed by atoms with E-state index in [9.17, 15) is 0 Å². The fraction of sp³-hybridized carbons (Fsp3) is 0.444. The second-order valence-electron chi connectivity index (χ2n) is 3.36. The Kier molecular flexibility index (Phi) is 2.47. The van der Waals surface area contributed by atoms with Crippen LogP contribution in [0.25, 0.3) is 0 Å². The molecule has 0 aromatic heterocycles. The van der Waals surface area contributed by atoms with Gasteiger partial charge in [0.25, 0.3) is 0 Å². The molecule has 2 rings (SSSR count).